The lowest BCUT2D eigenvalue weighted by Gasteiger charge is -2.30. The fraction of sp³-hybridized carbons (Fsp3) is 0.250. The Hall–Kier alpha value is -2.86. The molecule has 0 amide bonds. The van der Waals surface area contributed by atoms with Crippen LogP contribution in [0.2, 0.25) is 12.6 Å². The Balaban J connectivity index is 1.92. The minimum absolute atomic E-state index is 0.146. The Morgan fingerprint density at radius 3 is 2.45 bits per heavy atom. The quantitative estimate of drug-likeness (QED) is 0.792. The summed E-state index contributed by atoms with van der Waals surface area (Å²) in [5, 5.41) is 18.2. The van der Waals surface area contributed by atoms with E-state index in [1.165, 1.54) is 0 Å². The second-order valence-electron chi connectivity index (χ2n) is 5.33. The van der Waals surface area contributed by atoms with E-state index in [2.05, 4.69) is 26.9 Å². The molecule has 1 saturated heterocycles. The van der Waals surface area contributed by atoms with Gasteiger partial charge in [-0.05, 0) is 36.9 Å². The fourth-order valence-corrected chi connectivity index (χ4v) is 2.69. The van der Waals surface area contributed by atoms with Crippen molar-refractivity contribution in [2.24, 2.45) is 0 Å². The van der Waals surface area contributed by atoms with Crippen LogP contribution in [0.5, 0.6) is 0 Å². The number of aromatic nitrogens is 2. The van der Waals surface area contributed by atoms with Gasteiger partial charge in [0.05, 0.1) is 5.69 Å². The summed E-state index contributed by atoms with van der Waals surface area (Å²) in [6.07, 6.45) is 5.17. The van der Waals surface area contributed by atoms with E-state index in [0.717, 1.165) is 42.7 Å². The summed E-state index contributed by atoms with van der Waals surface area (Å²) in [4.78, 5) is 10.6. The van der Waals surface area contributed by atoms with E-state index in [-0.39, 0.29) is 6.71 Å². The molecule has 1 fully saturated rings. The number of anilines is 1. The highest BCUT2D eigenvalue weighted by atomic mass is 15.1. The summed E-state index contributed by atoms with van der Waals surface area (Å²) in [6, 6.07) is 9.72. The molecule has 3 heterocycles. The predicted molar refractivity (Wildman–Crippen MR) is 85.4 cm³/mol. The largest absolute Gasteiger partial charge is 0.373 e. The lowest BCUT2D eigenvalue weighted by atomic mass is 9.45. The van der Waals surface area contributed by atoms with Crippen LogP contribution in [-0.2, 0) is 0 Å². The Morgan fingerprint density at radius 2 is 1.82 bits per heavy atom. The lowest BCUT2D eigenvalue weighted by Crippen LogP contribution is -2.36. The van der Waals surface area contributed by atoms with Crippen molar-refractivity contribution in [3.63, 3.8) is 0 Å². The van der Waals surface area contributed by atoms with E-state index in [0.29, 0.717) is 5.69 Å². The average molecular weight is 287 g/mol. The van der Waals surface area contributed by atoms with E-state index in [1.807, 2.05) is 24.3 Å². The zero-order chi connectivity index (χ0) is 15.4. The number of nitrogens with zero attached hydrogens (tertiary/aromatic N) is 5. The van der Waals surface area contributed by atoms with Crippen LogP contribution in [0.4, 0.5) is 5.69 Å². The van der Waals surface area contributed by atoms with E-state index in [9.17, 15) is 5.26 Å². The lowest BCUT2D eigenvalue weighted by molar-refractivity contribution is 0.820. The fourth-order valence-electron chi connectivity index (χ4n) is 2.69. The number of hydrogen-bond acceptors (Lipinski definition) is 5. The molecule has 0 aromatic carbocycles. The second kappa shape index (κ2) is 6.28. The summed E-state index contributed by atoms with van der Waals surface area (Å²) in [5.74, 6) is 2.34. The minimum Gasteiger partial charge on any atom is -0.373 e. The SMILES string of the molecule is N#CB1CCN(c2cc(C#N)nc(-c3ccncc3)c2)CC1. The summed E-state index contributed by atoms with van der Waals surface area (Å²) < 4.78 is 0. The van der Waals surface area contributed by atoms with Crippen molar-refractivity contribution in [1.29, 1.82) is 10.5 Å². The van der Waals surface area contributed by atoms with Crippen molar-refractivity contribution in [2.45, 2.75) is 12.6 Å². The van der Waals surface area contributed by atoms with Gasteiger partial charge in [0.15, 0.2) is 0 Å². The van der Waals surface area contributed by atoms with Crippen LogP contribution in [0.1, 0.15) is 5.69 Å². The number of pyridine rings is 2. The molecule has 0 N–H and O–H groups in total. The van der Waals surface area contributed by atoms with Crippen molar-refractivity contribution in [3.05, 3.63) is 42.4 Å². The number of rotatable bonds is 2. The zero-order valence-corrected chi connectivity index (χ0v) is 12.1. The highest BCUT2D eigenvalue weighted by molar-refractivity contribution is 6.67. The molecule has 3 rings (SSSR count). The summed E-state index contributed by atoms with van der Waals surface area (Å²) >= 11 is 0. The van der Waals surface area contributed by atoms with Gasteiger partial charge in [0.2, 0.25) is 0 Å². The normalized spacial score (nSPS) is 14.3. The molecule has 0 atom stereocenters. The van der Waals surface area contributed by atoms with Gasteiger partial charge in [-0.25, -0.2) is 10.2 Å². The minimum atomic E-state index is 0.146. The van der Waals surface area contributed by atoms with E-state index in [4.69, 9.17) is 5.26 Å². The third kappa shape index (κ3) is 2.92. The topological polar surface area (TPSA) is 76.6 Å². The molecule has 5 nitrogen and oxygen atoms in total. The van der Waals surface area contributed by atoms with Gasteiger partial charge < -0.3 is 4.90 Å². The van der Waals surface area contributed by atoms with Crippen LogP contribution in [-0.4, -0.2) is 29.8 Å². The first kappa shape index (κ1) is 14.1. The first-order valence-corrected chi connectivity index (χ1v) is 7.27. The van der Waals surface area contributed by atoms with Gasteiger partial charge in [-0.1, -0.05) is 0 Å². The standard InChI is InChI=1S/C16H14BN5/c18-11-14-9-15(22-7-3-17(12-19)4-8-22)10-16(21-14)13-1-5-20-6-2-13/h1-2,5-6,9-10H,3-4,7-8H2. The van der Waals surface area contributed by atoms with Gasteiger partial charge in [-0.2, -0.15) is 5.26 Å². The summed E-state index contributed by atoms with van der Waals surface area (Å²) in [5.41, 5.74) is 3.13. The zero-order valence-electron chi connectivity index (χ0n) is 12.1. The van der Waals surface area contributed by atoms with E-state index < -0.39 is 0 Å². The predicted octanol–water partition coefficient (Wildman–Crippen LogP) is 2.39. The Morgan fingerprint density at radius 1 is 1.09 bits per heavy atom. The second-order valence-corrected chi connectivity index (χ2v) is 5.33. The number of nitriles is 2. The molecule has 22 heavy (non-hydrogen) atoms. The maximum atomic E-state index is 9.23. The molecule has 0 bridgehead atoms. The van der Waals surface area contributed by atoms with Crippen molar-refractivity contribution in [2.75, 3.05) is 18.0 Å². The van der Waals surface area contributed by atoms with Crippen LogP contribution < -0.4 is 4.90 Å². The van der Waals surface area contributed by atoms with Crippen LogP contribution in [0.15, 0.2) is 36.7 Å². The van der Waals surface area contributed by atoms with Crippen molar-refractivity contribution < 1.29 is 0 Å². The molecule has 1 aliphatic rings. The molecule has 0 aliphatic carbocycles. The first-order chi connectivity index (χ1) is 10.8. The molecule has 0 spiro atoms. The first-order valence-electron chi connectivity index (χ1n) is 7.27. The molecule has 1 aliphatic heterocycles. The van der Waals surface area contributed by atoms with Crippen molar-refractivity contribution in [3.8, 4) is 23.3 Å². The molecular weight excluding hydrogens is 273 g/mol. The van der Waals surface area contributed by atoms with Gasteiger partial charge in [-0.15, -0.1) is 0 Å². The van der Waals surface area contributed by atoms with E-state index >= 15 is 0 Å². The van der Waals surface area contributed by atoms with Gasteiger partial charge in [0.25, 0.3) is 6.71 Å². The molecule has 106 valence electrons. The van der Waals surface area contributed by atoms with Gasteiger partial charge in [-0.3, -0.25) is 4.98 Å². The monoisotopic (exact) mass is 287 g/mol. The maximum absolute atomic E-state index is 9.23. The third-order valence-corrected chi connectivity index (χ3v) is 3.94. The van der Waals surface area contributed by atoms with Crippen molar-refractivity contribution in [1.82, 2.24) is 9.97 Å². The maximum Gasteiger partial charge on any atom is 0.271 e. The summed E-state index contributed by atoms with van der Waals surface area (Å²) in [6.45, 7) is 1.82. The highest BCUT2D eigenvalue weighted by Gasteiger charge is 2.23. The molecular formula is C16H14BN5. The molecule has 0 unspecified atom stereocenters. The average Bonchev–Trinajstić information content (AvgIpc) is 2.62. The van der Waals surface area contributed by atoms with Crippen LogP contribution in [0, 0.1) is 22.6 Å². The van der Waals surface area contributed by atoms with Gasteiger partial charge in [0, 0.05) is 42.7 Å². The third-order valence-electron chi connectivity index (χ3n) is 3.94. The van der Waals surface area contributed by atoms with Gasteiger partial charge in [0.1, 0.15) is 11.8 Å². The van der Waals surface area contributed by atoms with Crippen molar-refractivity contribution >= 4 is 12.4 Å². The Bertz CT molecular complexity index is 739. The van der Waals surface area contributed by atoms with E-state index in [1.54, 1.807) is 12.4 Å². The molecule has 6 heteroatoms. The molecule has 0 saturated carbocycles. The summed E-state index contributed by atoms with van der Waals surface area (Å²) in [7, 11) is 0. The van der Waals surface area contributed by atoms with Crippen LogP contribution in [0.25, 0.3) is 11.3 Å². The molecule has 0 radical (unpaired) electrons. The Kier molecular flexibility index (Phi) is 4.02. The molecule has 2 aromatic rings. The molecule has 2 aromatic heterocycles. The Labute approximate surface area is 129 Å². The smallest absolute Gasteiger partial charge is 0.271 e. The number of hydrogen-bond donors (Lipinski definition) is 0. The van der Waals surface area contributed by atoms with Gasteiger partial charge >= 0.3 is 0 Å². The van der Waals surface area contributed by atoms with Crippen LogP contribution >= 0.6 is 0 Å². The van der Waals surface area contributed by atoms with Crippen LogP contribution in [0.3, 0.4) is 0 Å². The highest BCUT2D eigenvalue weighted by Crippen LogP contribution is 2.26.